The first-order chi connectivity index (χ1) is 13.2. The monoisotopic (exact) mass is 367 g/mol. The van der Waals surface area contributed by atoms with Crippen LogP contribution in [0.1, 0.15) is 29.9 Å². The summed E-state index contributed by atoms with van der Waals surface area (Å²) in [6.07, 6.45) is 2.01. The molecule has 1 N–H and O–H groups in total. The number of rotatable bonds is 5. The van der Waals surface area contributed by atoms with E-state index < -0.39 is 11.9 Å². The Bertz CT molecular complexity index is 798. The first kappa shape index (κ1) is 17.5. The summed E-state index contributed by atoms with van der Waals surface area (Å²) in [7, 11) is 0. The molecule has 27 heavy (non-hydrogen) atoms. The highest BCUT2D eigenvalue weighted by molar-refractivity contribution is 5.87. The van der Waals surface area contributed by atoms with E-state index >= 15 is 0 Å². The maximum atomic E-state index is 12.8. The number of hydrogen-bond donors (Lipinski definition) is 1. The molecule has 0 saturated carbocycles. The molecule has 140 valence electrons. The van der Waals surface area contributed by atoms with Crippen molar-refractivity contribution in [3.05, 3.63) is 59.7 Å². The number of hydrogen-bond acceptors (Lipinski definition) is 5. The quantitative estimate of drug-likeness (QED) is 0.823. The van der Waals surface area contributed by atoms with Crippen LogP contribution in [0.2, 0.25) is 0 Å². The average molecular weight is 367 g/mol. The van der Waals surface area contributed by atoms with E-state index in [-0.39, 0.29) is 18.6 Å². The van der Waals surface area contributed by atoms with E-state index in [1.165, 1.54) is 0 Å². The van der Waals surface area contributed by atoms with Gasteiger partial charge in [-0.25, -0.2) is 0 Å². The van der Waals surface area contributed by atoms with Crippen LogP contribution < -0.4 is 10.1 Å². The summed E-state index contributed by atoms with van der Waals surface area (Å²) in [5, 5.41) is 2.76. The first-order valence-corrected chi connectivity index (χ1v) is 9.13. The summed E-state index contributed by atoms with van der Waals surface area (Å²) in [6, 6.07) is 14.7. The van der Waals surface area contributed by atoms with E-state index in [1.54, 1.807) is 0 Å². The maximum Gasteiger partial charge on any atom is 0.318 e. The Morgan fingerprint density at radius 2 is 1.70 bits per heavy atom. The molecule has 0 bridgehead atoms. The Balaban J connectivity index is 1.43. The highest BCUT2D eigenvalue weighted by atomic mass is 16.5. The molecular formula is C21H21NO5. The van der Waals surface area contributed by atoms with Gasteiger partial charge in [0.2, 0.25) is 0 Å². The minimum absolute atomic E-state index is 0.0545. The molecule has 6 nitrogen and oxygen atoms in total. The van der Waals surface area contributed by atoms with Gasteiger partial charge in [-0.2, -0.15) is 0 Å². The van der Waals surface area contributed by atoms with Crippen LogP contribution in [0.4, 0.5) is 0 Å². The van der Waals surface area contributed by atoms with E-state index in [0.717, 1.165) is 30.6 Å². The number of benzene rings is 2. The third kappa shape index (κ3) is 3.80. The number of nitrogens with one attached hydrogen (secondary N) is 1. The van der Waals surface area contributed by atoms with Crippen molar-refractivity contribution in [2.45, 2.75) is 24.9 Å². The zero-order valence-electron chi connectivity index (χ0n) is 14.9. The third-order valence-corrected chi connectivity index (χ3v) is 4.81. The summed E-state index contributed by atoms with van der Waals surface area (Å²) >= 11 is 0. The second-order valence-electron chi connectivity index (χ2n) is 6.66. The van der Waals surface area contributed by atoms with Gasteiger partial charge in [-0.1, -0.05) is 36.4 Å². The molecule has 2 aliphatic heterocycles. The van der Waals surface area contributed by atoms with Crippen molar-refractivity contribution in [2.75, 3.05) is 19.8 Å². The van der Waals surface area contributed by atoms with Crippen molar-refractivity contribution in [1.29, 1.82) is 0 Å². The van der Waals surface area contributed by atoms with Crippen molar-refractivity contribution in [3.63, 3.8) is 0 Å². The lowest BCUT2D eigenvalue weighted by molar-refractivity contribution is -0.149. The maximum absolute atomic E-state index is 12.8. The second-order valence-corrected chi connectivity index (χ2v) is 6.66. The topological polar surface area (TPSA) is 73.9 Å². The lowest BCUT2D eigenvalue weighted by Crippen LogP contribution is -2.35. The molecule has 1 amide bonds. The smallest absolute Gasteiger partial charge is 0.318 e. The fraction of sp³-hybridized carbons (Fsp3) is 0.333. The normalized spacial score (nSPS) is 18.1. The van der Waals surface area contributed by atoms with Gasteiger partial charge >= 0.3 is 5.97 Å². The first-order valence-electron chi connectivity index (χ1n) is 9.13. The van der Waals surface area contributed by atoms with Crippen LogP contribution in [0.3, 0.4) is 0 Å². The Hall–Kier alpha value is -2.86. The van der Waals surface area contributed by atoms with Gasteiger partial charge < -0.3 is 19.5 Å². The second kappa shape index (κ2) is 7.80. The predicted octanol–water partition coefficient (Wildman–Crippen LogP) is 2.76. The van der Waals surface area contributed by atoms with Gasteiger partial charge in [0, 0.05) is 24.3 Å². The third-order valence-electron chi connectivity index (χ3n) is 4.81. The van der Waals surface area contributed by atoms with Crippen LogP contribution in [0.15, 0.2) is 48.5 Å². The number of carbonyl (C=O) groups excluding carboxylic acids is 2. The van der Waals surface area contributed by atoms with Crippen molar-refractivity contribution in [1.82, 2.24) is 5.32 Å². The van der Waals surface area contributed by atoms with E-state index in [1.807, 2.05) is 48.5 Å². The van der Waals surface area contributed by atoms with Gasteiger partial charge in [0.1, 0.15) is 17.4 Å². The fourth-order valence-corrected chi connectivity index (χ4v) is 3.47. The van der Waals surface area contributed by atoms with Crippen LogP contribution in [0.5, 0.6) is 11.5 Å². The summed E-state index contributed by atoms with van der Waals surface area (Å²) in [5.41, 5.74) is 1.47. The summed E-state index contributed by atoms with van der Waals surface area (Å²) < 4.78 is 16.7. The van der Waals surface area contributed by atoms with Crippen molar-refractivity contribution in [3.8, 4) is 11.5 Å². The Morgan fingerprint density at radius 1 is 1.04 bits per heavy atom. The number of esters is 1. The van der Waals surface area contributed by atoms with Gasteiger partial charge in [0.25, 0.3) is 5.91 Å². The number of ether oxygens (including phenoxy) is 3. The summed E-state index contributed by atoms with van der Waals surface area (Å²) in [5.74, 6) is -0.156. The van der Waals surface area contributed by atoms with Crippen LogP contribution >= 0.6 is 0 Å². The molecule has 2 aromatic carbocycles. The molecule has 2 aromatic rings. The molecule has 1 atom stereocenters. The highest BCUT2D eigenvalue weighted by Gasteiger charge is 2.33. The predicted molar refractivity (Wildman–Crippen MR) is 97.7 cm³/mol. The number of amides is 1. The summed E-state index contributed by atoms with van der Waals surface area (Å²) in [4.78, 5) is 24.8. The lowest BCUT2D eigenvalue weighted by atomic mass is 9.88. The molecule has 0 radical (unpaired) electrons. The van der Waals surface area contributed by atoms with Gasteiger partial charge in [-0.15, -0.1) is 0 Å². The van der Waals surface area contributed by atoms with Gasteiger partial charge in [0.05, 0.1) is 6.10 Å². The van der Waals surface area contributed by atoms with E-state index in [0.29, 0.717) is 18.0 Å². The summed E-state index contributed by atoms with van der Waals surface area (Å²) in [6.45, 7) is 0.866. The van der Waals surface area contributed by atoms with E-state index in [9.17, 15) is 9.59 Å². The fourth-order valence-electron chi connectivity index (χ4n) is 3.47. The minimum atomic E-state index is -0.614. The van der Waals surface area contributed by atoms with Gasteiger partial charge in [-0.05, 0) is 25.0 Å². The van der Waals surface area contributed by atoms with E-state index in [4.69, 9.17) is 14.2 Å². The molecule has 1 unspecified atom stereocenters. The Labute approximate surface area is 157 Å². The standard InChI is InChI=1S/C21H21NO5/c23-19(22-12-14-6-5-11-25-14)13-26-21(24)20-15-7-1-3-9-17(15)27-18-10-4-2-8-16(18)20/h1-4,7-10,14,20H,5-6,11-13H2,(H,22,23). The molecule has 0 spiro atoms. The molecular weight excluding hydrogens is 346 g/mol. The molecule has 1 saturated heterocycles. The van der Waals surface area contributed by atoms with Crippen LogP contribution in [0.25, 0.3) is 0 Å². The zero-order valence-corrected chi connectivity index (χ0v) is 14.9. The Morgan fingerprint density at radius 3 is 2.33 bits per heavy atom. The number of para-hydroxylation sites is 2. The molecule has 6 heteroatoms. The number of fused-ring (bicyclic) bond motifs is 2. The van der Waals surface area contributed by atoms with Crippen molar-refractivity contribution < 1.29 is 23.8 Å². The SMILES string of the molecule is O=C(COC(=O)C1c2ccccc2Oc2ccccc21)NCC1CCCO1. The molecule has 2 heterocycles. The zero-order chi connectivity index (χ0) is 18.6. The average Bonchev–Trinajstić information content (AvgIpc) is 3.22. The Kier molecular flexibility index (Phi) is 5.07. The molecule has 2 aliphatic rings. The largest absolute Gasteiger partial charge is 0.457 e. The highest BCUT2D eigenvalue weighted by Crippen LogP contribution is 2.44. The number of carbonyl (C=O) groups is 2. The molecule has 1 fully saturated rings. The van der Waals surface area contributed by atoms with Crippen LogP contribution in [-0.4, -0.2) is 37.7 Å². The van der Waals surface area contributed by atoms with Crippen LogP contribution in [0, 0.1) is 0 Å². The van der Waals surface area contributed by atoms with Gasteiger partial charge in [-0.3, -0.25) is 9.59 Å². The van der Waals surface area contributed by atoms with E-state index in [2.05, 4.69) is 5.32 Å². The van der Waals surface area contributed by atoms with Crippen molar-refractivity contribution >= 4 is 11.9 Å². The van der Waals surface area contributed by atoms with Gasteiger partial charge in [0.15, 0.2) is 6.61 Å². The lowest BCUT2D eigenvalue weighted by Gasteiger charge is -2.26. The minimum Gasteiger partial charge on any atom is -0.457 e. The van der Waals surface area contributed by atoms with Crippen LogP contribution in [-0.2, 0) is 19.1 Å². The molecule has 0 aromatic heterocycles. The molecule has 0 aliphatic carbocycles. The molecule has 4 rings (SSSR count). The van der Waals surface area contributed by atoms with Crippen molar-refractivity contribution in [2.24, 2.45) is 0 Å².